The second kappa shape index (κ2) is 10.1. The lowest BCUT2D eigenvalue weighted by Crippen LogP contribution is -2.53. The van der Waals surface area contributed by atoms with E-state index >= 15 is 0 Å². The van der Waals surface area contributed by atoms with Gasteiger partial charge in [-0.2, -0.15) is 5.10 Å². The zero-order valence-electron chi connectivity index (χ0n) is 20.1. The van der Waals surface area contributed by atoms with E-state index in [-0.39, 0.29) is 12.2 Å². The number of benzene rings is 1. The zero-order valence-corrected chi connectivity index (χ0v) is 20.1. The van der Waals surface area contributed by atoms with Gasteiger partial charge in [-0.1, -0.05) is 17.3 Å². The molecule has 1 amide bonds. The molecule has 2 aliphatic heterocycles. The quantitative estimate of drug-likeness (QED) is 0.627. The highest BCUT2D eigenvalue weighted by molar-refractivity contribution is 5.97. The number of ether oxygens (including phenoxy) is 1. The molecule has 2 aliphatic rings. The van der Waals surface area contributed by atoms with Crippen LogP contribution >= 0.6 is 0 Å². The number of amides is 1. The molecule has 1 fully saturated rings. The molecule has 2 aromatic rings. The van der Waals surface area contributed by atoms with Gasteiger partial charge in [-0.05, 0) is 40.0 Å². The molecule has 4 rings (SSSR count). The van der Waals surface area contributed by atoms with Crippen molar-refractivity contribution in [1.82, 2.24) is 25.3 Å². The number of rotatable bonds is 7. The van der Waals surface area contributed by atoms with Crippen LogP contribution in [0.15, 0.2) is 50.8 Å². The molecule has 1 atom stereocenters. The summed E-state index contributed by atoms with van der Waals surface area (Å²) in [5.41, 5.74) is 3.15. The predicted octanol–water partition coefficient (Wildman–Crippen LogP) is 2.36. The first-order valence-electron chi connectivity index (χ1n) is 11.3. The van der Waals surface area contributed by atoms with Crippen molar-refractivity contribution in [2.75, 3.05) is 33.2 Å². The fourth-order valence-corrected chi connectivity index (χ4v) is 4.17. The average molecular weight is 466 g/mol. The van der Waals surface area contributed by atoms with Crippen LogP contribution in [0.4, 0.5) is 0 Å². The summed E-state index contributed by atoms with van der Waals surface area (Å²) in [6.45, 7) is 12.2. The molecular formula is C24H31N7O3. The van der Waals surface area contributed by atoms with Crippen molar-refractivity contribution in [3.05, 3.63) is 58.7 Å². The molecule has 1 unspecified atom stereocenters. The SMILES string of the molecule is C=NN1C(N2CCN(C(=O)c3ccccc3OCc3c(C)noc3C)CC2)=CC(C)=NC1NC. The van der Waals surface area contributed by atoms with Crippen molar-refractivity contribution in [2.24, 2.45) is 10.1 Å². The van der Waals surface area contributed by atoms with E-state index in [4.69, 9.17) is 9.26 Å². The molecule has 0 spiro atoms. The van der Waals surface area contributed by atoms with Gasteiger partial charge >= 0.3 is 0 Å². The first kappa shape index (κ1) is 23.5. The molecule has 10 nitrogen and oxygen atoms in total. The minimum atomic E-state index is -0.293. The van der Waals surface area contributed by atoms with Crippen LogP contribution in [0.1, 0.15) is 34.3 Å². The van der Waals surface area contributed by atoms with Crippen LogP contribution in [0.2, 0.25) is 0 Å². The van der Waals surface area contributed by atoms with Crippen LogP contribution in [-0.2, 0) is 6.61 Å². The lowest BCUT2D eigenvalue weighted by atomic mass is 10.1. The Bertz CT molecular complexity index is 1100. The number of aliphatic imine (C=N–C) groups is 1. The number of para-hydroxylation sites is 1. The minimum Gasteiger partial charge on any atom is -0.488 e. The normalized spacial score (nSPS) is 18.5. The lowest BCUT2D eigenvalue weighted by molar-refractivity contribution is 0.0600. The first-order valence-corrected chi connectivity index (χ1v) is 11.3. The smallest absolute Gasteiger partial charge is 0.257 e. The number of nitrogens with zero attached hydrogens (tertiary/aromatic N) is 6. The molecule has 1 aromatic carbocycles. The van der Waals surface area contributed by atoms with Gasteiger partial charge in [0.1, 0.15) is 23.9 Å². The van der Waals surface area contributed by atoms with Gasteiger partial charge in [0.05, 0.1) is 16.8 Å². The van der Waals surface area contributed by atoms with Crippen molar-refractivity contribution in [3.63, 3.8) is 0 Å². The van der Waals surface area contributed by atoms with Gasteiger partial charge in [-0.3, -0.25) is 10.1 Å². The van der Waals surface area contributed by atoms with Crippen molar-refractivity contribution in [1.29, 1.82) is 0 Å². The number of carbonyl (C=O) groups is 1. The molecule has 3 heterocycles. The molecule has 1 saturated heterocycles. The summed E-state index contributed by atoms with van der Waals surface area (Å²) in [4.78, 5) is 22.0. The van der Waals surface area contributed by atoms with E-state index in [9.17, 15) is 4.79 Å². The van der Waals surface area contributed by atoms with Crippen molar-refractivity contribution in [2.45, 2.75) is 33.7 Å². The Morgan fingerprint density at radius 1 is 1.24 bits per heavy atom. The monoisotopic (exact) mass is 465 g/mol. The highest BCUT2D eigenvalue weighted by atomic mass is 16.5. The maximum Gasteiger partial charge on any atom is 0.257 e. The van der Waals surface area contributed by atoms with E-state index in [1.165, 1.54) is 0 Å². The summed E-state index contributed by atoms with van der Waals surface area (Å²) in [5, 5.41) is 13.0. The van der Waals surface area contributed by atoms with Gasteiger partial charge in [-0.15, -0.1) is 0 Å². The largest absolute Gasteiger partial charge is 0.488 e. The number of allylic oxidation sites excluding steroid dienone is 1. The minimum absolute atomic E-state index is 0.0452. The number of aromatic nitrogens is 1. The van der Waals surface area contributed by atoms with Crippen molar-refractivity contribution >= 4 is 18.3 Å². The van der Waals surface area contributed by atoms with Gasteiger partial charge in [0.25, 0.3) is 5.91 Å². The average Bonchev–Trinajstić information content (AvgIpc) is 3.18. The van der Waals surface area contributed by atoms with Crippen LogP contribution < -0.4 is 10.1 Å². The molecule has 0 saturated carbocycles. The predicted molar refractivity (Wildman–Crippen MR) is 130 cm³/mol. The maximum absolute atomic E-state index is 13.4. The lowest BCUT2D eigenvalue weighted by Gasteiger charge is -2.42. The molecule has 10 heteroatoms. The summed E-state index contributed by atoms with van der Waals surface area (Å²) in [7, 11) is 1.84. The molecule has 0 radical (unpaired) electrons. The standard InChI is InChI=1S/C24H31N7O3/c1-16-14-22(31(26-5)24(25-4)27-16)29-10-12-30(13-11-29)23(32)19-8-6-7-9-21(19)33-15-20-17(2)28-34-18(20)3/h6-9,14,24-25H,5,10-13,15H2,1-4H3. The molecule has 34 heavy (non-hydrogen) atoms. The fraction of sp³-hybridized carbons (Fsp3) is 0.417. The Morgan fingerprint density at radius 2 is 1.97 bits per heavy atom. The Hall–Kier alpha value is -3.66. The summed E-state index contributed by atoms with van der Waals surface area (Å²) in [6, 6.07) is 7.35. The van der Waals surface area contributed by atoms with Crippen LogP contribution in [0.5, 0.6) is 5.75 Å². The van der Waals surface area contributed by atoms with Gasteiger partial charge in [0, 0.05) is 44.7 Å². The van der Waals surface area contributed by atoms with E-state index in [2.05, 4.69) is 32.2 Å². The molecular weight excluding hydrogens is 434 g/mol. The van der Waals surface area contributed by atoms with Crippen LogP contribution in [-0.4, -0.2) is 77.8 Å². The number of nitrogens with one attached hydrogen (secondary N) is 1. The van der Waals surface area contributed by atoms with Gasteiger partial charge in [-0.25, -0.2) is 10.0 Å². The van der Waals surface area contributed by atoms with Gasteiger partial charge in [0.2, 0.25) is 0 Å². The van der Waals surface area contributed by atoms with E-state index in [1.54, 1.807) is 5.01 Å². The van der Waals surface area contributed by atoms with Crippen molar-refractivity contribution in [3.8, 4) is 5.75 Å². The van der Waals surface area contributed by atoms with E-state index in [1.807, 2.05) is 63.1 Å². The summed E-state index contributed by atoms with van der Waals surface area (Å²) >= 11 is 0. The zero-order chi connectivity index (χ0) is 24.2. The molecule has 1 N–H and O–H groups in total. The molecule has 0 bridgehead atoms. The Morgan fingerprint density at radius 3 is 2.62 bits per heavy atom. The highest BCUT2D eigenvalue weighted by Gasteiger charge is 2.30. The molecule has 1 aromatic heterocycles. The second-order valence-corrected chi connectivity index (χ2v) is 8.29. The van der Waals surface area contributed by atoms with Gasteiger partial charge < -0.3 is 19.1 Å². The van der Waals surface area contributed by atoms with Gasteiger partial charge in [0.15, 0.2) is 6.29 Å². The summed E-state index contributed by atoms with van der Waals surface area (Å²) < 4.78 is 11.2. The maximum atomic E-state index is 13.4. The highest BCUT2D eigenvalue weighted by Crippen LogP contribution is 2.25. The third kappa shape index (κ3) is 4.67. The van der Waals surface area contributed by atoms with Crippen molar-refractivity contribution < 1.29 is 14.1 Å². The molecule has 180 valence electrons. The number of hydrogen-bond acceptors (Lipinski definition) is 9. The Labute approximate surface area is 199 Å². The fourth-order valence-electron chi connectivity index (χ4n) is 4.17. The number of piperazine rings is 1. The second-order valence-electron chi connectivity index (χ2n) is 8.29. The topological polar surface area (TPSA) is 98.8 Å². The Balaban J connectivity index is 1.43. The Kier molecular flexibility index (Phi) is 6.97. The van der Waals surface area contributed by atoms with E-state index < -0.39 is 0 Å². The van der Waals surface area contributed by atoms with E-state index in [0.717, 1.165) is 28.6 Å². The summed E-state index contributed by atoms with van der Waals surface area (Å²) in [5.74, 6) is 2.15. The third-order valence-electron chi connectivity index (χ3n) is 6.10. The number of aryl methyl sites for hydroxylation is 2. The van der Waals surface area contributed by atoms with Crippen LogP contribution in [0.25, 0.3) is 0 Å². The first-order chi connectivity index (χ1) is 16.4. The third-order valence-corrected chi connectivity index (χ3v) is 6.10. The van der Waals surface area contributed by atoms with E-state index in [0.29, 0.717) is 44.1 Å². The van der Waals surface area contributed by atoms with Crippen LogP contribution in [0, 0.1) is 13.8 Å². The number of hydrazone groups is 1. The summed E-state index contributed by atoms with van der Waals surface area (Å²) in [6.07, 6.45) is 1.71. The van der Waals surface area contributed by atoms with Crippen LogP contribution in [0.3, 0.4) is 0 Å². The molecule has 0 aliphatic carbocycles. The number of carbonyl (C=O) groups excluding carboxylic acids is 1. The number of hydrogen-bond donors (Lipinski definition) is 1.